The van der Waals surface area contributed by atoms with Crippen molar-refractivity contribution in [2.24, 2.45) is 0 Å². The van der Waals surface area contributed by atoms with E-state index in [1.165, 1.54) is 6.07 Å². The number of nitrogens with zero attached hydrogens (tertiary/aromatic N) is 4. The lowest BCUT2D eigenvalue weighted by Crippen LogP contribution is -2.37. The summed E-state index contributed by atoms with van der Waals surface area (Å²) in [6.45, 7) is 4.20. The van der Waals surface area contributed by atoms with E-state index in [0.29, 0.717) is 17.5 Å². The summed E-state index contributed by atoms with van der Waals surface area (Å²) in [6.07, 6.45) is 5.73. The van der Waals surface area contributed by atoms with Crippen molar-refractivity contribution in [3.8, 4) is 22.5 Å². The minimum Gasteiger partial charge on any atom is -0.477 e. The Morgan fingerprint density at radius 3 is 2.71 bits per heavy atom. The first kappa shape index (κ1) is 25.0. The minimum absolute atomic E-state index is 0.0239. The largest absolute Gasteiger partial charge is 0.477 e. The first-order valence-electron chi connectivity index (χ1n) is 12.7. The number of hydrogen-bond acceptors (Lipinski definition) is 8. The van der Waals surface area contributed by atoms with Crippen molar-refractivity contribution in [3.05, 3.63) is 69.5 Å². The number of thiazole rings is 1. The van der Waals surface area contributed by atoms with Crippen LogP contribution in [0.1, 0.15) is 59.0 Å². The number of ether oxygens (including phenoxy) is 1. The van der Waals surface area contributed by atoms with Gasteiger partial charge in [0.25, 0.3) is 0 Å². The van der Waals surface area contributed by atoms with Crippen LogP contribution in [0.5, 0.6) is 0 Å². The summed E-state index contributed by atoms with van der Waals surface area (Å²) >= 11 is 8.15. The molecule has 1 aromatic carbocycles. The maximum Gasteiger partial charge on any atom is 0.354 e. The number of aryl methyl sites for hydroxylation is 1. The van der Waals surface area contributed by atoms with E-state index >= 15 is 0 Å². The highest BCUT2D eigenvalue weighted by atomic mass is 35.5. The van der Waals surface area contributed by atoms with Crippen molar-refractivity contribution >= 4 is 34.0 Å². The monoisotopic (exact) mass is 550 g/mol. The standard InChI is InChI=1S/C28H27ClN4O4S/c1-16-3-2-4-21(29)24(16)25-20(26(37-32-25)17-5-6-17)14-36-19-9-11-33(12-10-19)28-31-23(15-38-28)18-7-8-22(27(34)35)30-13-18/h2-4,7-8,13,15,17,19H,5-6,9-12,14H2,1H3,(H,34,35). The molecule has 10 heteroatoms. The molecule has 2 aliphatic rings. The highest BCUT2D eigenvalue weighted by molar-refractivity contribution is 7.14. The topological polar surface area (TPSA) is 102 Å². The second kappa shape index (κ2) is 10.5. The normalized spacial score (nSPS) is 16.2. The van der Waals surface area contributed by atoms with Crippen LogP contribution in [0.3, 0.4) is 0 Å². The fourth-order valence-corrected chi connectivity index (χ4v) is 6.08. The van der Waals surface area contributed by atoms with Crippen LogP contribution in [0.2, 0.25) is 5.02 Å². The van der Waals surface area contributed by atoms with Gasteiger partial charge in [-0.15, -0.1) is 11.3 Å². The zero-order chi connectivity index (χ0) is 26.2. The Kier molecular flexibility index (Phi) is 6.90. The quantitative estimate of drug-likeness (QED) is 0.262. The van der Waals surface area contributed by atoms with Crippen molar-refractivity contribution in [1.29, 1.82) is 0 Å². The molecular weight excluding hydrogens is 524 g/mol. The molecule has 1 aliphatic carbocycles. The van der Waals surface area contributed by atoms with Crippen molar-refractivity contribution in [2.75, 3.05) is 18.0 Å². The second-order valence-electron chi connectivity index (χ2n) is 9.83. The molecule has 2 fully saturated rings. The van der Waals surface area contributed by atoms with Crippen LogP contribution >= 0.6 is 22.9 Å². The number of piperidine rings is 1. The van der Waals surface area contributed by atoms with Crippen molar-refractivity contribution in [3.63, 3.8) is 0 Å². The summed E-state index contributed by atoms with van der Waals surface area (Å²) < 4.78 is 12.3. The van der Waals surface area contributed by atoms with Gasteiger partial charge in [-0.05, 0) is 56.4 Å². The number of carbonyl (C=O) groups is 1. The zero-order valence-electron chi connectivity index (χ0n) is 20.9. The molecule has 8 nitrogen and oxygen atoms in total. The lowest BCUT2D eigenvalue weighted by molar-refractivity contribution is 0.0246. The van der Waals surface area contributed by atoms with Gasteiger partial charge in [0.15, 0.2) is 5.13 Å². The van der Waals surface area contributed by atoms with Gasteiger partial charge in [-0.1, -0.05) is 28.9 Å². The third-order valence-electron chi connectivity index (χ3n) is 7.17. The molecule has 1 saturated carbocycles. The molecule has 196 valence electrons. The van der Waals surface area contributed by atoms with E-state index in [4.69, 9.17) is 31.0 Å². The Bertz CT molecular complexity index is 1440. The Morgan fingerprint density at radius 1 is 1.21 bits per heavy atom. The summed E-state index contributed by atoms with van der Waals surface area (Å²) in [7, 11) is 0. The Balaban J connectivity index is 1.10. The highest BCUT2D eigenvalue weighted by Gasteiger charge is 2.34. The van der Waals surface area contributed by atoms with E-state index in [0.717, 1.165) is 83.3 Å². The van der Waals surface area contributed by atoms with Gasteiger partial charge < -0.3 is 19.3 Å². The molecule has 1 saturated heterocycles. The molecule has 0 atom stereocenters. The van der Waals surface area contributed by atoms with Gasteiger partial charge in [0.2, 0.25) is 0 Å². The van der Waals surface area contributed by atoms with E-state index < -0.39 is 5.97 Å². The predicted octanol–water partition coefficient (Wildman–Crippen LogP) is 6.58. The van der Waals surface area contributed by atoms with Crippen LogP contribution < -0.4 is 4.90 Å². The number of benzene rings is 1. The van der Waals surface area contributed by atoms with Crippen LogP contribution in [-0.2, 0) is 11.3 Å². The highest BCUT2D eigenvalue weighted by Crippen LogP contribution is 2.45. The van der Waals surface area contributed by atoms with Crippen LogP contribution in [0.15, 0.2) is 46.4 Å². The third kappa shape index (κ3) is 5.06. The average Bonchev–Trinajstić information content (AvgIpc) is 3.49. The van der Waals surface area contributed by atoms with Crippen molar-refractivity contribution in [1.82, 2.24) is 15.1 Å². The molecule has 3 aromatic heterocycles. The lowest BCUT2D eigenvalue weighted by atomic mass is 10.0. The first-order valence-corrected chi connectivity index (χ1v) is 14.0. The summed E-state index contributed by atoms with van der Waals surface area (Å²) in [5, 5.41) is 17.1. The minimum atomic E-state index is -1.04. The molecule has 1 aliphatic heterocycles. The van der Waals surface area contributed by atoms with E-state index in [-0.39, 0.29) is 11.8 Å². The summed E-state index contributed by atoms with van der Waals surface area (Å²) in [6, 6.07) is 9.13. The number of aromatic nitrogens is 3. The number of anilines is 1. The van der Waals surface area contributed by atoms with Crippen molar-refractivity contribution < 1.29 is 19.2 Å². The molecule has 0 spiro atoms. The fraction of sp³-hybridized carbons (Fsp3) is 0.357. The SMILES string of the molecule is Cc1cccc(Cl)c1-c1noc(C2CC2)c1COC1CCN(c2nc(-c3ccc(C(=O)O)nc3)cs2)CC1. The number of rotatable bonds is 8. The molecule has 0 bridgehead atoms. The summed E-state index contributed by atoms with van der Waals surface area (Å²) in [5.74, 6) is 0.329. The van der Waals surface area contributed by atoms with Crippen LogP contribution in [0, 0.1) is 6.92 Å². The van der Waals surface area contributed by atoms with E-state index in [1.807, 2.05) is 30.5 Å². The third-order valence-corrected chi connectivity index (χ3v) is 8.39. The molecule has 0 unspecified atom stereocenters. The number of halogens is 1. The van der Waals surface area contributed by atoms with Gasteiger partial charge in [0, 0.05) is 47.3 Å². The summed E-state index contributed by atoms with van der Waals surface area (Å²) in [5.41, 5.74) is 5.45. The Hall–Kier alpha value is -3.27. The maximum atomic E-state index is 11.1. The van der Waals surface area contributed by atoms with Gasteiger partial charge in [-0.3, -0.25) is 0 Å². The molecule has 4 heterocycles. The van der Waals surface area contributed by atoms with Gasteiger partial charge in [0.1, 0.15) is 17.1 Å². The number of pyridine rings is 1. The molecule has 6 rings (SSSR count). The first-order chi connectivity index (χ1) is 18.5. The summed E-state index contributed by atoms with van der Waals surface area (Å²) in [4.78, 5) is 22.1. The molecule has 1 N–H and O–H groups in total. The van der Waals surface area contributed by atoms with E-state index in [1.54, 1.807) is 23.6 Å². The number of aromatic carboxylic acids is 1. The van der Waals surface area contributed by atoms with Crippen LogP contribution in [0.25, 0.3) is 22.5 Å². The predicted molar refractivity (Wildman–Crippen MR) is 146 cm³/mol. The molecular formula is C28H27ClN4O4S. The Labute approximate surface area is 229 Å². The second-order valence-corrected chi connectivity index (χ2v) is 11.1. The smallest absolute Gasteiger partial charge is 0.354 e. The van der Waals surface area contributed by atoms with Gasteiger partial charge >= 0.3 is 5.97 Å². The lowest BCUT2D eigenvalue weighted by Gasteiger charge is -2.31. The van der Waals surface area contributed by atoms with Gasteiger partial charge in [0.05, 0.1) is 23.4 Å². The fourth-order valence-electron chi connectivity index (χ4n) is 4.88. The van der Waals surface area contributed by atoms with E-state index in [9.17, 15) is 4.79 Å². The number of hydrogen-bond donors (Lipinski definition) is 1. The number of carboxylic acids is 1. The molecule has 0 amide bonds. The van der Waals surface area contributed by atoms with Gasteiger partial charge in [-0.25, -0.2) is 14.8 Å². The van der Waals surface area contributed by atoms with Crippen LogP contribution in [-0.4, -0.2) is 45.4 Å². The maximum absolute atomic E-state index is 11.1. The number of carboxylic acid groups (broad SMARTS) is 1. The molecule has 4 aromatic rings. The van der Waals surface area contributed by atoms with E-state index in [2.05, 4.69) is 15.0 Å². The average molecular weight is 551 g/mol. The Morgan fingerprint density at radius 2 is 2.03 bits per heavy atom. The molecule has 0 radical (unpaired) electrons. The zero-order valence-corrected chi connectivity index (χ0v) is 22.5. The van der Waals surface area contributed by atoms with Crippen LogP contribution in [0.4, 0.5) is 5.13 Å². The van der Waals surface area contributed by atoms with Gasteiger partial charge in [-0.2, -0.15) is 0 Å². The molecule has 38 heavy (non-hydrogen) atoms. The van der Waals surface area contributed by atoms with Crippen molar-refractivity contribution in [2.45, 2.75) is 51.2 Å².